The molecular formula is C11H26N2. The second-order valence-corrected chi connectivity index (χ2v) is 3.76. The van der Waals surface area contributed by atoms with Gasteiger partial charge in [0.25, 0.3) is 0 Å². The predicted molar refractivity (Wildman–Crippen MR) is 59.8 cm³/mol. The lowest BCUT2D eigenvalue weighted by molar-refractivity contribution is 0.419. The minimum Gasteiger partial charge on any atom is -0.330 e. The monoisotopic (exact) mass is 186 g/mol. The Kier molecular flexibility index (Phi) is 9.94. The van der Waals surface area contributed by atoms with Crippen molar-refractivity contribution in [3.8, 4) is 0 Å². The van der Waals surface area contributed by atoms with Gasteiger partial charge in [-0.05, 0) is 38.4 Å². The lowest BCUT2D eigenvalue weighted by Gasteiger charge is -2.14. The third kappa shape index (κ3) is 8.26. The van der Waals surface area contributed by atoms with Crippen LogP contribution in [-0.4, -0.2) is 19.6 Å². The topological polar surface area (TPSA) is 38.0 Å². The van der Waals surface area contributed by atoms with E-state index in [9.17, 15) is 0 Å². The zero-order valence-electron chi connectivity index (χ0n) is 9.31. The third-order valence-corrected chi connectivity index (χ3v) is 2.53. The fraction of sp³-hybridized carbons (Fsp3) is 1.00. The standard InChI is InChI=1S/C11H26N2/c1-3-5-7-11(4-2)10-13-9-6-8-12/h11,13H,3-10,12H2,1-2H3. The average Bonchev–Trinajstić information content (AvgIpc) is 2.17. The molecule has 0 saturated carbocycles. The van der Waals surface area contributed by atoms with Gasteiger partial charge in [0.15, 0.2) is 0 Å². The molecule has 0 amide bonds. The highest BCUT2D eigenvalue weighted by molar-refractivity contribution is 4.60. The summed E-state index contributed by atoms with van der Waals surface area (Å²) in [6.07, 6.45) is 6.47. The lowest BCUT2D eigenvalue weighted by atomic mass is 9.99. The molecule has 1 atom stereocenters. The molecular weight excluding hydrogens is 160 g/mol. The van der Waals surface area contributed by atoms with E-state index >= 15 is 0 Å². The van der Waals surface area contributed by atoms with Gasteiger partial charge in [0.2, 0.25) is 0 Å². The minimum atomic E-state index is 0.804. The highest BCUT2D eigenvalue weighted by atomic mass is 14.9. The number of hydrogen-bond acceptors (Lipinski definition) is 2. The Morgan fingerprint density at radius 3 is 2.54 bits per heavy atom. The summed E-state index contributed by atoms with van der Waals surface area (Å²) in [5.74, 6) is 0.873. The molecule has 2 heteroatoms. The summed E-state index contributed by atoms with van der Waals surface area (Å²) in [7, 11) is 0. The smallest absolute Gasteiger partial charge is 0.00206 e. The second-order valence-electron chi connectivity index (χ2n) is 3.76. The first-order chi connectivity index (χ1) is 6.35. The number of hydrogen-bond donors (Lipinski definition) is 2. The van der Waals surface area contributed by atoms with E-state index in [0.717, 1.165) is 25.4 Å². The quantitative estimate of drug-likeness (QED) is 0.541. The summed E-state index contributed by atoms with van der Waals surface area (Å²) in [5.41, 5.74) is 5.42. The molecule has 0 spiro atoms. The van der Waals surface area contributed by atoms with Gasteiger partial charge in [-0.15, -0.1) is 0 Å². The SMILES string of the molecule is CCCCC(CC)CNCCCN. The minimum absolute atomic E-state index is 0.804. The van der Waals surface area contributed by atoms with E-state index in [1.165, 1.54) is 32.2 Å². The number of unbranched alkanes of at least 4 members (excludes halogenated alkanes) is 1. The zero-order valence-corrected chi connectivity index (χ0v) is 9.31. The zero-order chi connectivity index (χ0) is 9.94. The Morgan fingerprint density at radius 2 is 2.00 bits per heavy atom. The Balaban J connectivity index is 3.25. The van der Waals surface area contributed by atoms with Crippen LogP contribution in [0.2, 0.25) is 0 Å². The van der Waals surface area contributed by atoms with Gasteiger partial charge in [0, 0.05) is 0 Å². The van der Waals surface area contributed by atoms with Crippen LogP contribution < -0.4 is 11.1 Å². The fourth-order valence-electron chi connectivity index (χ4n) is 1.48. The van der Waals surface area contributed by atoms with Crippen LogP contribution in [0.1, 0.15) is 46.0 Å². The molecule has 0 aromatic heterocycles. The van der Waals surface area contributed by atoms with Crippen LogP contribution >= 0.6 is 0 Å². The van der Waals surface area contributed by atoms with Crippen LogP contribution in [0.15, 0.2) is 0 Å². The van der Waals surface area contributed by atoms with Crippen LogP contribution in [0.4, 0.5) is 0 Å². The maximum absolute atomic E-state index is 5.42. The van der Waals surface area contributed by atoms with Crippen molar-refractivity contribution in [1.82, 2.24) is 5.32 Å². The molecule has 0 aromatic carbocycles. The average molecular weight is 186 g/mol. The van der Waals surface area contributed by atoms with Crippen LogP contribution in [0.25, 0.3) is 0 Å². The molecule has 1 unspecified atom stereocenters. The molecule has 0 saturated heterocycles. The summed E-state index contributed by atoms with van der Waals surface area (Å²) in [4.78, 5) is 0. The first-order valence-corrected chi connectivity index (χ1v) is 5.75. The molecule has 0 rings (SSSR count). The van der Waals surface area contributed by atoms with Crippen molar-refractivity contribution in [2.45, 2.75) is 46.0 Å². The summed E-state index contributed by atoms with van der Waals surface area (Å²) >= 11 is 0. The predicted octanol–water partition coefficient (Wildman–Crippen LogP) is 2.14. The maximum atomic E-state index is 5.42. The van der Waals surface area contributed by atoms with Crippen LogP contribution in [0, 0.1) is 5.92 Å². The molecule has 3 N–H and O–H groups in total. The van der Waals surface area contributed by atoms with Crippen molar-refractivity contribution < 1.29 is 0 Å². The molecule has 0 aliphatic rings. The Hall–Kier alpha value is -0.0800. The van der Waals surface area contributed by atoms with Gasteiger partial charge >= 0.3 is 0 Å². The molecule has 13 heavy (non-hydrogen) atoms. The van der Waals surface area contributed by atoms with Crippen molar-refractivity contribution in [3.05, 3.63) is 0 Å². The molecule has 0 bridgehead atoms. The van der Waals surface area contributed by atoms with Crippen molar-refractivity contribution in [2.24, 2.45) is 11.7 Å². The third-order valence-electron chi connectivity index (χ3n) is 2.53. The van der Waals surface area contributed by atoms with Gasteiger partial charge in [-0.2, -0.15) is 0 Å². The Morgan fingerprint density at radius 1 is 1.23 bits per heavy atom. The first-order valence-electron chi connectivity index (χ1n) is 5.75. The highest BCUT2D eigenvalue weighted by Gasteiger charge is 2.03. The Bertz CT molecular complexity index is 94.1. The molecule has 0 fully saturated rings. The molecule has 0 heterocycles. The van der Waals surface area contributed by atoms with Crippen LogP contribution in [0.3, 0.4) is 0 Å². The van der Waals surface area contributed by atoms with Crippen molar-refractivity contribution >= 4 is 0 Å². The van der Waals surface area contributed by atoms with Crippen molar-refractivity contribution in [1.29, 1.82) is 0 Å². The van der Waals surface area contributed by atoms with Gasteiger partial charge < -0.3 is 11.1 Å². The van der Waals surface area contributed by atoms with Gasteiger partial charge in [-0.25, -0.2) is 0 Å². The van der Waals surface area contributed by atoms with Gasteiger partial charge in [-0.1, -0.05) is 33.1 Å². The highest BCUT2D eigenvalue weighted by Crippen LogP contribution is 2.10. The Labute approximate surface area is 83.3 Å². The van der Waals surface area contributed by atoms with E-state index in [2.05, 4.69) is 19.2 Å². The lowest BCUT2D eigenvalue weighted by Crippen LogP contribution is -2.25. The summed E-state index contributed by atoms with van der Waals surface area (Å²) < 4.78 is 0. The van der Waals surface area contributed by atoms with Crippen LogP contribution in [-0.2, 0) is 0 Å². The van der Waals surface area contributed by atoms with E-state index in [1.54, 1.807) is 0 Å². The summed E-state index contributed by atoms with van der Waals surface area (Å²) in [6.45, 7) is 7.61. The van der Waals surface area contributed by atoms with E-state index < -0.39 is 0 Å². The fourth-order valence-corrected chi connectivity index (χ4v) is 1.48. The summed E-state index contributed by atoms with van der Waals surface area (Å²) in [5, 5.41) is 3.47. The van der Waals surface area contributed by atoms with Crippen LogP contribution in [0.5, 0.6) is 0 Å². The second kappa shape index (κ2) is 10.0. The first kappa shape index (κ1) is 12.9. The van der Waals surface area contributed by atoms with Crippen molar-refractivity contribution in [3.63, 3.8) is 0 Å². The van der Waals surface area contributed by atoms with Crippen molar-refractivity contribution in [2.75, 3.05) is 19.6 Å². The largest absolute Gasteiger partial charge is 0.330 e. The van der Waals surface area contributed by atoms with E-state index in [0.29, 0.717) is 0 Å². The van der Waals surface area contributed by atoms with Gasteiger partial charge in [0.05, 0.1) is 0 Å². The van der Waals surface area contributed by atoms with Gasteiger partial charge in [-0.3, -0.25) is 0 Å². The summed E-state index contributed by atoms with van der Waals surface area (Å²) in [6, 6.07) is 0. The van der Waals surface area contributed by atoms with Gasteiger partial charge in [0.1, 0.15) is 0 Å². The molecule has 0 aliphatic carbocycles. The molecule has 2 nitrogen and oxygen atoms in total. The molecule has 0 radical (unpaired) electrons. The maximum Gasteiger partial charge on any atom is -0.00206 e. The van der Waals surface area contributed by atoms with E-state index in [4.69, 9.17) is 5.73 Å². The normalized spacial score (nSPS) is 13.2. The van der Waals surface area contributed by atoms with E-state index in [1.807, 2.05) is 0 Å². The number of nitrogens with two attached hydrogens (primary N) is 1. The number of nitrogens with one attached hydrogen (secondary N) is 1. The number of rotatable bonds is 9. The molecule has 80 valence electrons. The van der Waals surface area contributed by atoms with E-state index in [-0.39, 0.29) is 0 Å². The molecule has 0 aliphatic heterocycles. The molecule has 0 aromatic rings.